The Bertz CT molecular complexity index is 842. The fourth-order valence-corrected chi connectivity index (χ4v) is 4.03. The summed E-state index contributed by atoms with van der Waals surface area (Å²) in [6.07, 6.45) is -2.32. The van der Waals surface area contributed by atoms with Crippen molar-refractivity contribution in [1.82, 2.24) is 25.5 Å². The fraction of sp³-hybridized carbons (Fsp3) is 0.632. The zero-order valence-electron chi connectivity index (χ0n) is 17.8. The number of likely N-dealkylation sites (tertiary alicyclic amines) is 1. The molecule has 0 atom stereocenters. The first-order valence-corrected chi connectivity index (χ1v) is 10.7. The van der Waals surface area contributed by atoms with E-state index in [2.05, 4.69) is 30.5 Å². The van der Waals surface area contributed by atoms with Gasteiger partial charge >= 0.3 is 6.18 Å². The summed E-state index contributed by atoms with van der Waals surface area (Å²) in [7, 11) is 1.64. The van der Waals surface area contributed by atoms with Gasteiger partial charge in [-0.2, -0.15) is 13.2 Å². The largest absolute Gasteiger partial charge is 0.444 e. The first-order chi connectivity index (χ1) is 14.2. The van der Waals surface area contributed by atoms with Crippen molar-refractivity contribution in [3.8, 4) is 0 Å². The Labute approximate surface area is 200 Å². The highest BCUT2D eigenvalue weighted by molar-refractivity contribution is 14.0. The maximum atomic E-state index is 12.6. The van der Waals surface area contributed by atoms with Crippen molar-refractivity contribution in [3.63, 3.8) is 0 Å². The minimum Gasteiger partial charge on any atom is -0.444 e. The Balaban J connectivity index is 0.00000341. The van der Waals surface area contributed by atoms with Crippen LogP contribution < -0.4 is 10.6 Å². The van der Waals surface area contributed by atoms with E-state index in [1.54, 1.807) is 7.05 Å². The Kier molecular flexibility index (Phi) is 9.55. The van der Waals surface area contributed by atoms with Crippen molar-refractivity contribution in [1.29, 1.82) is 0 Å². The van der Waals surface area contributed by atoms with Gasteiger partial charge in [-0.25, -0.2) is 9.97 Å². The van der Waals surface area contributed by atoms with E-state index in [1.165, 1.54) is 0 Å². The number of nitrogens with one attached hydrogen (secondary N) is 2. The van der Waals surface area contributed by atoms with Crippen LogP contribution in [0.2, 0.25) is 0 Å². The molecule has 2 aromatic heterocycles. The third kappa shape index (κ3) is 7.59. The molecule has 3 rings (SSSR count). The summed E-state index contributed by atoms with van der Waals surface area (Å²) < 4.78 is 43.6. The molecule has 2 N–H and O–H groups in total. The van der Waals surface area contributed by atoms with Crippen LogP contribution in [0.15, 0.2) is 14.8 Å². The van der Waals surface area contributed by atoms with Crippen molar-refractivity contribution in [3.05, 3.63) is 33.4 Å². The van der Waals surface area contributed by atoms with Gasteiger partial charge < -0.3 is 15.1 Å². The highest BCUT2D eigenvalue weighted by Gasteiger charge is 2.33. The molecule has 1 aliphatic rings. The average Bonchev–Trinajstić information content (AvgIpc) is 3.30. The standard InChI is InChI=1S/C19H27F3N6OS.HI/c1-12-13(2)29-16(26-12)10-28-6-4-14(5-7-28)8-24-18(23-3)25-9-17-27-15(11-30-17)19(20,21)22;/h11,14H,4-10H2,1-3H3,(H2,23,24,25);1H. The van der Waals surface area contributed by atoms with Gasteiger partial charge in [0, 0.05) is 19.0 Å². The van der Waals surface area contributed by atoms with E-state index in [0.29, 0.717) is 16.9 Å². The third-order valence-corrected chi connectivity index (χ3v) is 6.02. The van der Waals surface area contributed by atoms with Crippen LogP contribution >= 0.6 is 35.3 Å². The second-order valence-corrected chi connectivity index (χ2v) is 8.34. The number of halogens is 4. The number of aliphatic imine (C=N–C) groups is 1. The molecule has 0 saturated carbocycles. The van der Waals surface area contributed by atoms with Crippen LogP contribution in [0.4, 0.5) is 13.2 Å². The maximum absolute atomic E-state index is 12.6. The molecule has 2 aromatic rings. The average molecular weight is 572 g/mol. The number of oxazole rings is 1. The lowest BCUT2D eigenvalue weighted by Crippen LogP contribution is -2.42. The minimum absolute atomic E-state index is 0. The van der Waals surface area contributed by atoms with Gasteiger partial charge in [0.05, 0.1) is 18.8 Å². The van der Waals surface area contributed by atoms with E-state index >= 15 is 0 Å². The van der Waals surface area contributed by atoms with Gasteiger partial charge in [-0.1, -0.05) is 0 Å². The van der Waals surface area contributed by atoms with Crippen molar-refractivity contribution in [2.45, 2.75) is 46.0 Å². The Hall–Kier alpha value is -1.41. The van der Waals surface area contributed by atoms with Crippen molar-refractivity contribution in [2.75, 3.05) is 26.7 Å². The Morgan fingerprint density at radius 3 is 2.52 bits per heavy atom. The quantitative estimate of drug-likeness (QED) is 0.310. The molecular weight excluding hydrogens is 544 g/mol. The molecule has 0 radical (unpaired) electrons. The van der Waals surface area contributed by atoms with Gasteiger partial charge in [-0.3, -0.25) is 9.89 Å². The summed E-state index contributed by atoms with van der Waals surface area (Å²) in [5.41, 5.74) is 0.0874. The molecule has 0 aliphatic carbocycles. The van der Waals surface area contributed by atoms with Crippen LogP contribution in [0.3, 0.4) is 0 Å². The van der Waals surface area contributed by atoms with Gasteiger partial charge in [0.15, 0.2) is 11.7 Å². The van der Waals surface area contributed by atoms with Gasteiger partial charge in [0.25, 0.3) is 0 Å². The van der Waals surface area contributed by atoms with Crippen molar-refractivity contribution < 1.29 is 17.6 Å². The molecule has 0 spiro atoms. The topological polar surface area (TPSA) is 78.6 Å². The summed E-state index contributed by atoms with van der Waals surface area (Å²) >= 11 is 0.984. The number of thiazole rings is 1. The van der Waals surface area contributed by atoms with Gasteiger partial charge in [-0.05, 0) is 45.7 Å². The van der Waals surface area contributed by atoms with Crippen molar-refractivity contribution >= 4 is 41.3 Å². The third-order valence-electron chi connectivity index (χ3n) is 5.17. The number of aromatic nitrogens is 2. The first-order valence-electron chi connectivity index (χ1n) is 9.86. The SMILES string of the molecule is CN=C(NCc1nc(C(F)(F)F)cs1)NCC1CCN(Cc2nc(C)c(C)o2)CC1.I. The molecular formula is C19H28F3IN6OS. The molecule has 174 valence electrons. The van der Waals surface area contributed by atoms with E-state index < -0.39 is 11.9 Å². The number of hydrogen-bond acceptors (Lipinski definition) is 6. The fourth-order valence-electron chi connectivity index (χ4n) is 3.29. The van der Waals surface area contributed by atoms with Crippen LogP contribution in [-0.2, 0) is 19.3 Å². The molecule has 1 fully saturated rings. The van der Waals surface area contributed by atoms with Gasteiger partial charge in [-0.15, -0.1) is 35.3 Å². The molecule has 0 aromatic carbocycles. The molecule has 3 heterocycles. The number of nitrogens with zero attached hydrogens (tertiary/aromatic N) is 4. The number of aryl methyl sites for hydroxylation is 2. The molecule has 7 nitrogen and oxygen atoms in total. The van der Waals surface area contributed by atoms with Crippen molar-refractivity contribution in [2.24, 2.45) is 10.9 Å². The molecule has 31 heavy (non-hydrogen) atoms. The van der Waals surface area contributed by atoms with E-state index in [1.807, 2.05) is 13.8 Å². The van der Waals surface area contributed by atoms with Crippen LogP contribution in [0.25, 0.3) is 0 Å². The zero-order chi connectivity index (χ0) is 21.7. The molecule has 1 aliphatic heterocycles. The zero-order valence-corrected chi connectivity index (χ0v) is 20.9. The van der Waals surface area contributed by atoms with Crippen LogP contribution in [0, 0.1) is 19.8 Å². The number of guanidine groups is 1. The lowest BCUT2D eigenvalue weighted by atomic mass is 9.97. The summed E-state index contributed by atoms with van der Waals surface area (Å²) in [4.78, 5) is 14.5. The molecule has 12 heteroatoms. The van der Waals surface area contributed by atoms with E-state index in [4.69, 9.17) is 4.42 Å². The molecule has 0 unspecified atom stereocenters. The van der Waals surface area contributed by atoms with Crippen LogP contribution in [-0.4, -0.2) is 47.5 Å². The van der Waals surface area contributed by atoms with Gasteiger partial charge in [0.2, 0.25) is 5.89 Å². The molecule has 0 bridgehead atoms. The van der Waals surface area contributed by atoms with Crippen LogP contribution in [0.5, 0.6) is 0 Å². The molecule has 1 saturated heterocycles. The van der Waals surface area contributed by atoms with E-state index in [9.17, 15) is 13.2 Å². The number of piperidine rings is 1. The molecule has 0 amide bonds. The minimum atomic E-state index is -4.41. The smallest absolute Gasteiger partial charge is 0.434 e. The highest BCUT2D eigenvalue weighted by atomic mass is 127. The maximum Gasteiger partial charge on any atom is 0.434 e. The monoisotopic (exact) mass is 572 g/mol. The number of hydrogen-bond donors (Lipinski definition) is 2. The predicted octanol–water partition coefficient (Wildman–Crippen LogP) is 3.96. The predicted molar refractivity (Wildman–Crippen MR) is 125 cm³/mol. The summed E-state index contributed by atoms with van der Waals surface area (Å²) in [5, 5.41) is 7.69. The summed E-state index contributed by atoms with van der Waals surface area (Å²) in [6.45, 7) is 7.51. The highest BCUT2D eigenvalue weighted by Crippen LogP contribution is 2.29. The summed E-state index contributed by atoms with van der Waals surface area (Å²) in [5.74, 6) is 2.70. The normalized spacial score (nSPS) is 16.3. The second kappa shape index (κ2) is 11.5. The Morgan fingerprint density at radius 1 is 1.26 bits per heavy atom. The number of alkyl halides is 3. The van der Waals surface area contributed by atoms with Crippen LogP contribution in [0.1, 0.15) is 40.9 Å². The number of rotatable bonds is 6. The van der Waals surface area contributed by atoms with Gasteiger partial charge in [0.1, 0.15) is 10.8 Å². The van der Waals surface area contributed by atoms with E-state index in [-0.39, 0.29) is 30.5 Å². The first kappa shape index (κ1) is 25.8. The Morgan fingerprint density at radius 2 is 1.97 bits per heavy atom. The second-order valence-electron chi connectivity index (χ2n) is 7.40. The lowest BCUT2D eigenvalue weighted by Gasteiger charge is -2.31. The lowest BCUT2D eigenvalue weighted by molar-refractivity contribution is -0.140. The summed E-state index contributed by atoms with van der Waals surface area (Å²) in [6, 6.07) is 0. The van der Waals surface area contributed by atoms with E-state index in [0.717, 1.165) is 73.1 Å².